The number of nitrogens with one attached hydrogen (secondary N) is 2. The Morgan fingerprint density at radius 3 is 2.83 bits per heavy atom. The largest absolute Gasteiger partial charge is 0.468 e. The van der Waals surface area contributed by atoms with Crippen LogP contribution in [0.4, 0.5) is 4.79 Å². The van der Waals surface area contributed by atoms with Crippen molar-refractivity contribution in [1.82, 2.24) is 15.5 Å². The Kier molecular flexibility index (Phi) is 5.68. The van der Waals surface area contributed by atoms with Crippen LogP contribution in [0, 0.1) is 0 Å². The molecular weight excluding hydrogens is 314 g/mol. The van der Waals surface area contributed by atoms with Gasteiger partial charge in [0.1, 0.15) is 5.76 Å². The van der Waals surface area contributed by atoms with Gasteiger partial charge in [-0.25, -0.2) is 4.79 Å². The van der Waals surface area contributed by atoms with E-state index in [4.69, 9.17) is 9.15 Å². The van der Waals surface area contributed by atoms with Crippen molar-refractivity contribution in [1.29, 1.82) is 0 Å². The monoisotopic (exact) mass is 335 g/mol. The van der Waals surface area contributed by atoms with Gasteiger partial charge >= 0.3 is 6.03 Å². The lowest BCUT2D eigenvalue weighted by molar-refractivity contribution is 0.0123. The number of amides is 2. The van der Waals surface area contributed by atoms with Crippen LogP contribution in [0.15, 0.2) is 40.3 Å². The predicted molar refractivity (Wildman–Crippen MR) is 88.4 cm³/mol. The Bertz CT molecular complexity index is 580. The van der Waals surface area contributed by atoms with Crippen molar-refractivity contribution >= 4 is 17.4 Å². The van der Waals surface area contributed by atoms with E-state index < -0.39 is 0 Å². The van der Waals surface area contributed by atoms with Gasteiger partial charge in [0.15, 0.2) is 0 Å². The summed E-state index contributed by atoms with van der Waals surface area (Å²) in [5.74, 6) is 0.866. The van der Waals surface area contributed by atoms with Gasteiger partial charge in [-0.2, -0.15) is 0 Å². The second-order valence-electron chi connectivity index (χ2n) is 5.32. The molecule has 0 bridgehead atoms. The molecule has 0 unspecified atom stereocenters. The number of hydrogen-bond acceptors (Lipinski definition) is 5. The summed E-state index contributed by atoms with van der Waals surface area (Å²) in [4.78, 5) is 15.4. The molecule has 1 aliphatic rings. The highest BCUT2D eigenvalue weighted by Gasteiger charge is 2.25. The fourth-order valence-corrected chi connectivity index (χ4v) is 3.26. The van der Waals surface area contributed by atoms with Crippen LogP contribution in [0.25, 0.3) is 0 Å². The molecule has 23 heavy (non-hydrogen) atoms. The van der Waals surface area contributed by atoms with Crippen LogP contribution in [-0.4, -0.2) is 43.8 Å². The molecule has 3 rings (SSSR count). The molecule has 1 atom stereocenters. The number of carbonyl (C=O) groups excluding carboxylic acids is 1. The van der Waals surface area contributed by atoms with Crippen molar-refractivity contribution in [2.75, 3.05) is 32.8 Å². The number of thiophene rings is 1. The lowest BCUT2D eigenvalue weighted by Gasteiger charge is -2.33. The topological polar surface area (TPSA) is 66.7 Å². The van der Waals surface area contributed by atoms with Gasteiger partial charge in [0, 0.05) is 24.5 Å². The van der Waals surface area contributed by atoms with Crippen molar-refractivity contribution in [2.24, 2.45) is 0 Å². The van der Waals surface area contributed by atoms with Gasteiger partial charge in [-0.1, -0.05) is 6.07 Å². The Labute approximate surface area is 139 Å². The first kappa shape index (κ1) is 16.0. The first-order valence-corrected chi connectivity index (χ1v) is 8.60. The summed E-state index contributed by atoms with van der Waals surface area (Å²) in [6.07, 6.45) is 1.67. The van der Waals surface area contributed by atoms with E-state index in [2.05, 4.69) is 15.5 Å². The van der Waals surface area contributed by atoms with E-state index in [1.54, 1.807) is 17.6 Å². The fourth-order valence-electron chi connectivity index (χ4n) is 2.61. The summed E-state index contributed by atoms with van der Waals surface area (Å²) in [5.41, 5.74) is 0. The molecule has 0 spiro atoms. The lowest BCUT2D eigenvalue weighted by atomic mass is 10.1. The number of hydrogen-bond donors (Lipinski definition) is 2. The second kappa shape index (κ2) is 8.14. The highest BCUT2D eigenvalue weighted by molar-refractivity contribution is 7.09. The summed E-state index contributed by atoms with van der Waals surface area (Å²) in [6, 6.07) is 7.67. The highest BCUT2D eigenvalue weighted by Crippen LogP contribution is 2.21. The highest BCUT2D eigenvalue weighted by atomic mass is 32.1. The van der Waals surface area contributed by atoms with E-state index in [0.717, 1.165) is 23.7 Å². The van der Waals surface area contributed by atoms with E-state index in [0.29, 0.717) is 26.3 Å². The first-order chi connectivity index (χ1) is 11.3. The zero-order valence-corrected chi connectivity index (χ0v) is 13.7. The molecule has 2 amide bonds. The minimum Gasteiger partial charge on any atom is -0.468 e. The zero-order valence-electron chi connectivity index (χ0n) is 12.9. The van der Waals surface area contributed by atoms with Gasteiger partial charge in [0.2, 0.25) is 0 Å². The van der Waals surface area contributed by atoms with Crippen LogP contribution >= 0.6 is 11.3 Å². The summed E-state index contributed by atoms with van der Waals surface area (Å²) in [6.45, 7) is 4.15. The van der Waals surface area contributed by atoms with Gasteiger partial charge in [0.25, 0.3) is 0 Å². The maximum atomic E-state index is 12.0. The minimum absolute atomic E-state index is 0.0291. The van der Waals surface area contributed by atoms with Crippen LogP contribution in [0.5, 0.6) is 0 Å². The Morgan fingerprint density at radius 1 is 1.26 bits per heavy atom. The molecule has 2 N–H and O–H groups in total. The molecule has 0 aromatic carbocycles. The van der Waals surface area contributed by atoms with E-state index in [1.807, 2.05) is 29.6 Å². The third kappa shape index (κ3) is 4.57. The average molecular weight is 335 g/mol. The van der Waals surface area contributed by atoms with Crippen LogP contribution in [-0.2, 0) is 11.3 Å². The summed E-state index contributed by atoms with van der Waals surface area (Å²) < 4.78 is 10.9. The standard InChI is InChI=1S/C16H21N3O3S/c20-16(17-11-13-3-2-10-23-13)18-12-14(15-4-1-7-22-15)19-5-8-21-9-6-19/h1-4,7,10,14H,5-6,8-9,11-12H2,(H2,17,18,20)/t14-/m1/s1. The van der Waals surface area contributed by atoms with E-state index in [-0.39, 0.29) is 12.1 Å². The van der Waals surface area contributed by atoms with Crippen molar-refractivity contribution in [3.05, 3.63) is 46.5 Å². The molecule has 0 saturated carbocycles. The number of ether oxygens (including phenoxy) is 1. The lowest BCUT2D eigenvalue weighted by Crippen LogP contribution is -2.45. The molecule has 2 aromatic heterocycles. The van der Waals surface area contributed by atoms with Crippen LogP contribution in [0.3, 0.4) is 0 Å². The SMILES string of the molecule is O=C(NCc1cccs1)NC[C@H](c1ccco1)N1CCOCC1. The van der Waals surface area contributed by atoms with Gasteiger partial charge in [-0.15, -0.1) is 11.3 Å². The molecule has 1 aliphatic heterocycles. The normalized spacial score (nSPS) is 16.9. The van der Waals surface area contributed by atoms with Crippen molar-refractivity contribution in [3.8, 4) is 0 Å². The number of rotatable bonds is 6. The maximum absolute atomic E-state index is 12.0. The zero-order chi connectivity index (χ0) is 15.9. The number of morpholine rings is 1. The van der Waals surface area contributed by atoms with Crippen LogP contribution < -0.4 is 10.6 Å². The van der Waals surface area contributed by atoms with Crippen molar-refractivity contribution < 1.29 is 13.9 Å². The van der Waals surface area contributed by atoms with Crippen molar-refractivity contribution in [3.63, 3.8) is 0 Å². The molecule has 7 heteroatoms. The molecule has 2 aromatic rings. The Hall–Kier alpha value is -1.83. The number of carbonyl (C=O) groups is 1. The van der Waals surface area contributed by atoms with Gasteiger partial charge in [0.05, 0.1) is 32.1 Å². The van der Waals surface area contributed by atoms with Crippen LogP contribution in [0.2, 0.25) is 0 Å². The fraction of sp³-hybridized carbons (Fsp3) is 0.438. The summed E-state index contributed by atoms with van der Waals surface area (Å²) in [5, 5.41) is 7.82. The number of furan rings is 1. The predicted octanol–water partition coefficient (Wildman–Crippen LogP) is 2.21. The van der Waals surface area contributed by atoms with Gasteiger partial charge in [-0.05, 0) is 23.6 Å². The van der Waals surface area contributed by atoms with Gasteiger partial charge < -0.3 is 19.8 Å². The van der Waals surface area contributed by atoms with E-state index >= 15 is 0 Å². The Morgan fingerprint density at radius 2 is 2.13 bits per heavy atom. The molecule has 0 radical (unpaired) electrons. The smallest absolute Gasteiger partial charge is 0.315 e. The summed E-state index contributed by atoms with van der Waals surface area (Å²) in [7, 11) is 0. The number of nitrogens with zero attached hydrogens (tertiary/aromatic N) is 1. The minimum atomic E-state index is -0.164. The van der Waals surface area contributed by atoms with E-state index in [1.165, 1.54) is 0 Å². The maximum Gasteiger partial charge on any atom is 0.315 e. The molecule has 124 valence electrons. The molecule has 1 fully saturated rings. The molecule has 6 nitrogen and oxygen atoms in total. The molecule has 3 heterocycles. The second-order valence-corrected chi connectivity index (χ2v) is 6.35. The van der Waals surface area contributed by atoms with E-state index in [9.17, 15) is 4.79 Å². The van der Waals surface area contributed by atoms with Crippen LogP contribution in [0.1, 0.15) is 16.7 Å². The summed E-state index contributed by atoms with van der Waals surface area (Å²) >= 11 is 1.63. The average Bonchev–Trinajstić information content (AvgIpc) is 3.28. The van der Waals surface area contributed by atoms with Crippen molar-refractivity contribution in [2.45, 2.75) is 12.6 Å². The third-order valence-electron chi connectivity index (χ3n) is 3.82. The quantitative estimate of drug-likeness (QED) is 0.849. The molecule has 0 aliphatic carbocycles. The first-order valence-electron chi connectivity index (χ1n) is 7.72. The molecular formula is C16H21N3O3S. The van der Waals surface area contributed by atoms with Gasteiger partial charge in [-0.3, -0.25) is 4.90 Å². The number of urea groups is 1. The Balaban J connectivity index is 1.52. The molecule has 1 saturated heterocycles. The third-order valence-corrected chi connectivity index (χ3v) is 4.69.